The topological polar surface area (TPSA) is 41.6 Å². The van der Waals surface area contributed by atoms with Gasteiger partial charge in [-0.15, -0.1) is 0 Å². The van der Waals surface area contributed by atoms with E-state index in [9.17, 15) is 9.18 Å². The maximum absolute atomic E-state index is 13.4. The van der Waals surface area contributed by atoms with Crippen molar-refractivity contribution in [3.05, 3.63) is 59.4 Å². The van der Waals surface area contributed by atoms with Crippen LogP contribution in [0.4, 0.5) is 15.8 Å². The summed E-state index contributed by atoms with van der Waals surface area (Å²) in [5.74, 6) is -0.719. The number of nitrogens with zero attached hydrogens (tertiary/aromatic N) is 1. The van der Waals surface area contributed by atoms with Crippen LogP contribution in [0.2, 0.25) is 0 Å². The molecule has 2 aromatic rings. The number of amides is 1. The van der Waals surface area contributed by atoms with Crippen molar-refractivity contribution in [3.63, 3.8) is 0 Å². The molecule has 23 heavy (non-hydrogen) atoms. The van der Waals surface area contributed by atoms with E-state index in [4.69, 9.17) is 4.74 Å². The summed E-state index contributed by atoms with van der Waals surface area (Å²) in [4.78, 5) is 14.6. The van der Waals surface area contributed by atoms with Crippen molar-refractivity contribution in [2.75, 3.05) is 36.5 Å². The van der Waals surface area contributed by atoms with Crippen molar-refractivity contribution < 1.29 is 13.9 Å². The lowest BCUT2D eigenvalue weighted by atomic mass is 10.1. The Bertz CT molecular complexity index is 712. The molecule has 0 unspecified atom stereocenters. The van der Waals surface area contributed by atoms with Gasteiger partial charge in [-0.05, 0) is 42.8 Å². The van der Waals surface area contributed by atoms with E-state index < -0.39 is 5.82 Å². The molecule has 0 saturated carbocycles. The summed E-state index contributed by atoms with van der Waals surface area (Å²) in [6.45, 7) is 4.87. The predicted octanol–water partition coefficient (Wildman–Crippen LogP) is 3.22. The lowest BCUT2D eigenvalue weighted by molar-refractivity contribution is 0.102. The second-order valence-electron chi connectivity index (χ2n) is 5.56. The maximum Gasteiger partial charge on any atom is 0.256 e. The van der Waals surface area contributed by atoms with Crippen LogP contribution in [0.5, 0.6) is 0 Å². The number of halogens is 1. The number of ether oxygens (including phenoxy) is 1. The molecule has 0 aliphatic carbocycles. The molecule has 0 aromatic heterocycles. The lowest BCUT2D eigenvalue weighted by Crippen LogP contribution is -2.36. The smallest absolute Gasteiger partial charge is 0.256 e. The Labute approximate surface area is 134 Å². The Morgan fingerprint density at radius 1 is 1.17 bits per heavy atom. The monoisotopic (exact) mass is 314 g/mol. The third-order valence-electron chi connectivity index (χ3n) is 3.92. The van der Waals surface area contributed by atoms with E-state index in [-0.39, 0.29) is 5.91 Å². The highest BCUT2D eigenvalue weighted by Gasteiger charge is 2.13. The molecule has 1 fully saturated rings. The van der Waals surface area contributed by atoms with Crippen LogP contribution in [0.1, 0.15) is 15.9 Å². The maximum atomic E-state index is 13.4. The molecule has 1 amide bonds. The molecule has 3 rings (SSSR count). The Morgan fingerprint density at radius 3 is 2.74 bits per heavy atom. The van der Waals surface area contributed by atoms with Crippen LogP contribution < -0.4 is 10.2 Å². The quantitative estimate of drug-likeness (QED) is 0.946. The molecule has 1 heterocycles. The number of morpholine rings is 1. The van der Waals surface area contributed by atoms with Crippen LogP contribution in [0.3, 0.4) is 0 Å². The van der Waals surface area contributed by atoms with Gasteiger partial charge in [0.05, 0.1) is 13.2 Å². The first-order valence-corrected chi connectivity index (χ1v) is 7.64. The first-order valence-electron chi connectivity index (χ1n) is 7.64. The largest absolute Gasteiger partial charge is 0.378 e. The normalized spacial score (nSPS) is 14.6. The molecule has 4 nitrogen and oxygen atoms in total. The predicted molar refractivity (Wildman–Crippen MR) is 88.6 cm³/mol. The summed E-state index contributed by atoms with van der Waals surface area (Å²) in [6, 6.07) is 11.9. The Hall–Kier alpha value is -2.40. The lowest BCUT2D eigenvalue weighted by Gasteiger charge is -2.29. The van der Waals surface area contributed by atoms with Gasteiger partial charge in [-0.25, -0.2) is 4.39 Å². The van der Waals surface area contributed by atoms with E-state index in [1.54, 1.807) is 13.0 Å². The van der Waals surface area contributed by atoms with E-state index >= 15 is 0 Å². The Kier molecular flexibility index (Phi) is 4.57. The summed E-state index contributed by atoms with van der Waals surface area (Å²) < 4.78 is 18.7. The zero-order valence-electron chi connectivity index (χ0n) is 13.0. The third-order valence-corrected chi connectivity index (χ3v) is 3.92. The molecule has 1 saturated heterocycles. The summed E-state index contributed by atoms with van der Waals surface area (Å²) in [7, 11) is 0. The number of carbonyl (C=O) groups excluding carboxylic acids is 1. The van der Waals surface area contributed by atoms with E-state index in [1.807, 2.05) is 24.3 Å². The van der Waals surface area contributed by atoms with Crippen LogP contribution in [0, 0.1) is 12.7 Å². The highest BCUT2D eigenvalue weighted by Crippen LogP contribution is 2.21. The van der Waals surface area contributed by atoms with Crippen LogP contribution in [0.15, 0.2) is 42.5 Å². The van der Waals surface area contributed by atoms with Crippen molar-refractivity contribution in [1.82, 2.24) is 0 Å². The van der Waals surface area contributed by atoms with Gasteiger partial charge in [0, 0.05) is 30.0 Å². The van der Waals surface area contributed by atoms with Crippen molar-refractivity contribution in [1.29, 1.82) is 0 Å². The number of carbonyl (C=O) groups is 1. The Morgan fingerprint density at radius 2 is 1.96 bits per heavy atom. The fourth-order valence-corrected chi connectivity index (χ4v) is 2.64. The van der Waals surface area contributed by atoms with Crippen LogP contribution >= 0.6 is 0 Å². The number of rotatable bonds is 3. The summed E-state index contributed by atoms with van der Waals surface area (Å²) in [5, 5.41) is 2.84. The van der Waals surface area contributed by atoms with E-state index in [1.165, 1.54) is 12.1 Å². The molecule has 0 spiro atoms. The Balaban J connectivity index is 1.77. The standard InChI is InChI=1S/C18H19FN2O2/c1-13-5-6-14(19)11-17(13)18(22)20-15-3-2-4-16(12-15)21-7-9-23-10-8-21/h2-6,11-12H,7-10H2,1H3,(H,20,22). The fraction of sp³-hybridized carbons (Fsp3) is 0.278. The summed E-state index contributed by atoms with van der Waals surface area (Å²) in [5.41, 5.74) is 2.83. The third kappa shape index (κ3) is 3.68. The highest BCUT2D eigenvalue weighted by molar-refractivity contribution is 6.05. The van der Waals surface area contributed by atoms with Gasteiger partial charge >= 0.3 is 0 Å². The van der Waals surface area contributed by atoms with Gasteiger partial charge in [0.2, 0.25) is 0 Å². The molecule has 1 N–H and O–H groups in total. The highest BCUT2D eigenvalue weighted by atomic mass is 19.1. The second-order valence-corrected chi connectivity index (χ2v) is 5.56. The average molecular weight is 314 g/mol. The molecular weight excluding hydrogens is 295 g/mol. The van der Waals surface area contributed by atoms with Crippen LogP contribution in [-0.2, 0) is 4.74 Å². The number of hydrogen-bond donors (Lipinski definition) is 1. The minimum Gasteiger partial charge on any atom is -0.378 e. The molecular formula is C18H19FN2O2. The van der Waals surface area contributed by atoms with E-state index in [0.717, 1.165) is 24.3 Å². The molecule has 1 aliphatic rings. The summed E-state index contributed by atoms with van der Waals surface area (Å²) >= 11 is 0. The first kappa shape index (κ1) is 15.5. The molecule has 0 bridgehead atoms. The van der Waals surface area contributed by atoms with Crippen molar-refractivity contribution in [2.45, 2.75) is 6.92 Å². The van der Waals surface area contributed by atoms with Crippen LogP contribution in [-0.4, -0.2) is 32.2 Å². The van der Waals surface area contributed by atoms with Gasteiger partial charge in [-0.3, -0.25) is 4.79 Å². The number of aryl methyl sites for hydroxylation is 1. The molecule has 1 aliphatic heterocycles. The molecule has 120 valence electrons. The number of anilines is 2. The van der Waals surface area contributed by atoms with E-state index in [0.29, 0.717) is 24.5 Å². The minimum absolute atomic E-state index is 0.305. The number of nitrogens with one attached hydrogen (secondary N) is 1. The SMILES string of the molecule is Cc1ccc(F)cc1C(=O)Nc1cccc(N2CCOCC2)c1. The van der Waals surface area contributed by atoms with Gasteiger partial charge in [-0.1, -0.05) is 12.1 Å². The molecule has 2 aromatic carbocycles. The first-order chi connectivity index (χ1) is 11.1. The van der Waals surface area contributed by atoms with E-state index in [2.05, 4.69) is 10.2 Å². The van der Waals surface area contributed by atoms with Crippen molar-refractivity contribution in [2.24, 2.45) is 0 Å². The van der Waals surface area contributed by atoms with Gasteiger partial charge in [-0.2, -0.15) is 0 Å². The fourth-order valence-electron chi connectivity index (χ4n) is 2.64. The average Bonchev–Trinajstić information content (AvgIpc) is 2.58. The molecule has 0 radical (unpaired) electrons. The number of benzene rings is 2. The molecule has 0 atom stereocenters. The van der Waals surface area contributed by atoms with Gasteiger partial charge in [0.1, 0.15) is 5.82 Å². The minimum atomic E-state index is -0.414. The van der Waals surface area contributed by atoms with Crippen LogP contribution in [0.25, 0.3) is 0 Å². The molecule has 5 heteroatoms. The number of hydrogen-bond acceptors (Lipinski definition) is 3. The summed E-state index contributed by atoms with van der Waals surface area (Å²) in [6.07, 6.45) is 0. The van der Waals surface area contributed by atoms with Crippen molar-refractivity contribution >= 4 is 17.3 Å². The van der Waals surface area contributed by atoms with Gasteiger partial charge in [0.25, 0.3) is 5.91 Å². The zero-order valence-corrected chi connectivity index (χ0v) is 13.0. The second kappa shape index (κ2) is 6.79. The van der Waals surface area contributed by atoms with Crippen molar-refractivity contribution in [3.8, 4) is 0 Å². The van der Waals surface area contributed by atoms with Gasteiger partial charge in [0.15, 0.2) is 0 Å². The van der Waals surface area contributed by atoms with Gasteiger partial charge < -0.3 is 15.0 Å². The zero-order chi connectivity index (χ0) is 16.2.